The van der Waals surface area contributed by atoms with Crippen molar-refractivity contribution >= 4 is 40.9 Å². The molecule has 0 heterocycles. The van der Waals surface area contributed by atoms with Crippen LogP contribution in [-0.2, 0) is 0 Å². The highest BCUT2D eigenvalue weighted by Gasteiger charge is 1.71. The Labute approximate surface area is 58.4 Å². The number of amidine groups is 1. The lowest BCUT2D eigenvalue weighted by Crippen LogP contribution is -2.01. The first-order chi connectivity index (χ1) is 2.27. The number of rotatable bonds is 0. The van der Waals surface area contributed by atoms with Crippen LogP contribution in [0.3, 0.4) is 0 Å². The van der Waals surface area contributed by atoms with Crippen LogP contribution in [-0.4, -0.2) is 11.4 Å². The highest BCUT2D eigenvalue weighted by molar-refractivity contribution is 14.0. The van der Waals surface area contributed by atoms with Crippen molar-refractivity contribution < 1.29 is 0 Å². The van der Waals surface area contributed by atoms with Gasteiger partial charge in [-0.05, 0) is 6.26 Å². The summed E-state index contributed by atoms with van der Waals surface area (Å²) in [6.07, 6.45) is 1.77. The minimum absolute atomic E-state index is 0. The molecule has 0 spiro atoms. The van der Waals surface area contributed by atoms with Gasteiger partial charge in [0.15, 0.2) is 5.17 Å². The van der Waals surface area contributed by atoms with Crippen molar-refractivity contribution in [2.45, 2.75) is 0 Å². The number of halogens is 1. The molecule has 38 valence electrons. The third-order valence-corrected chi connectivity index (χ3v) is 0.660. The summed E-state index contributed by atoms with van der Waals surface area (Å²) in [6, 6.07) is 0. The van der Waals surface area contributed by atoms with Gasteiger partial charge in [-0.25, -0.2) is 0 Å². The second kappa shape index (κ2) is 5.55. The number of hydrogen-bond donors (Lipinski definition) is 2. The first-order valence-electron chi connectivity index (χ1n) is 1.15. The predicted octanol–water partition coefficient (Wildman–Crippen LogP) is 0.861. The molecule has 0 amide bonds. The van der Waals surface area contributed by atoms with Crippen molar-refractivity contribution in [1.82, 2.24) is 0 Å². The van der Waals surface area contributed by atoms with Gasteiger partial charge in [-0.15, -0.1) is 24.0 Å². The molecule has 2 nitrogen and oxygen atoms in total. The Hall–Kier alpha value is 0.550. The summed E-state index contributed by atoms with van der Waals surface area (Å²) in [4.78, 5) is 0. The smallest absolute Gasteiger partial charge is 0.150 e. The molecule has 0 radical (unpaired) electrons. The molecule has 0 aliphatic rings. The van der Waals surface area contributed by atoms with Crippen molar-refractivity contribution in [2.75, 3.05) is 6.26 Å². The maximum atomic E-state index is 6.48. The van der Waals surface area contributed by atoms with Crippen molar-refractivity contribution in [3.8, 4) is 0 Å². The lowest BCUT2D eigenvalue weighted by atomic mass is 11.5. The minimum Gasteiger partial charge on any atom is -0.379 e. The second-order valence-corrected chi connectivity index (χ2v) is 1.42. The molecular weight excluding hydrogens is 213 g/mol. The zero-order chi connectivity index (χ0) is 4.28. The fraction of sp³-hybridized carbons (Fsp3) is 0.500. The van der Waals surface area contributed by atoms with E-state index in [4.69, 9.17) is 11.1 Å². The molecule has 0 aromatic heterocycles. The summed E-state index contributed by atoms with van der Waals surface area (Å²) in [5, 5.41) is 6.66. The topological polar surface area (TPSA) is 49.9 Å². The van der Waals surface area contributed by atoms with E-state index in [1.54, 1.807) is 6.26 Å². The Balaban J connectivity index is 0. The van der Waals surface area contributed by atoms with Gasteiger partial charge in [0.1, 0.15) is 0 Å². The van der Waals surface area contributed by atoms with Crippen molar-refractivity contribution in [2.24, 2.45) is 5.73 Å². The molecule has 3 N–H and O–H groups in total. The average molecular weight is 220 g/mol. The largest absolute Gasteiger partial charge is 0.379 e. The Morgan fingerprint density at radius 1 is 1.83 bits per heavy atom. The van der Waals surface area contributed by atoms with E-state index in [2.05, 4.69) is 0 Å². The van der Waals surface area contributed by atoms with Crippen LogP contribution in [0, 0.1) is 5.41 Å². The number of thioether (sulfide) groups is 1. The third-order valence-electron chi connectivity index (χ3n) is 0.220. The number of hydrogen-bond acceptors (Lipinski definition) is 2. The average Bonchev–Trinajstić information content (AvgIpc) is 1.38. The maximum absolute atomic E-state index is 6.48. The Kier molecular flexibility index (Phi) is 9.01. The second-order valence-electron chi connectivity index (χ2n) is 0.568. The van der Waals surface area contributed by atoms with Gasteiger partial charge in [-0.2, -0.15) is 0 Å². The summed E-state index contributed by atoms with van der Waals surface area (Å²) in [7, 11) is 0. The molecule has 0 aliphatic carbocycles. The lowest BCUT2D eigenvalue weighted by Gasteiger charge is -1.78. The van der Waals surface area contributed by atoms with Gasteiger partial charge in [0.25, 0.3) is 0 Å². The molecule has 0 aromatic carbocycles. The summed E-state index contributed by atoms with van der Waals surface area (Å²) in [5.74, 6) is 0. The van der Waals surface area contributed by atoms with Crippen LogP contribution < -0.4 is 5.73 Å². The first kappa shape index (κ1) is 9.75. The zero-order valence-corrected chi connectivity index (χ0v) is 6.54. The predicted molar refractivity (Wildman–Crippen MR) is 40.8 cm³/mol. The molecule has 0 saturated heterocycles. The zero-order valence-electron chi connectivity index (χ0n) is 3.39. The molecule has 0 bridgehead atoms. The lowest BCUT2D eigenvalue weighted by molar-refractivity contribution is 1.51. The van der Waals surface area contributed by atoms with Gasteiger partial charge in [0.2, 0.25) is 0 Å². The standard InChI is InChI=1S/C2H6N2S.HI/c1-5-2(3)4;/h1H3,(H3,3,4);1H/i3+1,4+1;. The molecule has 0 rings (SSSR count). The molecule has 0 atom stereocenters. The van der Waals surface area contributed by atoms with Crippen LogP contribution >= 0.6 is 35.7 Å². The van der Waals surface area contributed by atoms with E-state index in [1.165, 1.54) is 11.8 Å². The molecule has 0 fully saturated rings. The highest BCUT2D eigenvalue weighted by atomic mass is 127. The van der Waals surface area contributed by atoms with E-state index in [0.717, 1.165) is 0 Å². The Morgan fingerprint density at radius 3 is 2.00 bits per heavy atom. The molecule has 4 heteroatoms. The first-order valence-corrected chi connectivity index (χ1v) is 2.38. The van der Waals surface area contributed by atoms with Crippen molar-refractivity contribution in [1.29, 1.82) is 5.41 Å². The van der Waals surface area contributed by atoms with Crippen LogP contribution in [0.4, 0.5) is 0 Å². The molecule has 6 heavy (non-hydrogen) atoms. The van der Waals surface area contributed by atoms with Gasteiger partial charge in [0, 0.05) is 0 Å². The van der Waals surface area contributed by atoms with E-state index >= 15 is 0 Å². The van der Waals surface area contributed by atoms with E-state index in [0.29, 0.717) is 0 Å². The molecule has 0 aromatic rings. The monoisotopic (exact) mass is 220 g/mol. The highest BCUT2D eigenvalue weighted by Crippen LogP contribution is 1.83. The van der Waals surface area contributed by atoms with Gasteiger partial charge < -0.3 is 5.73 Å². The quantitative estimate of drug-likeness (QED) is 0.275. The maximum Gasteiger partial charge on any atom is 0.150 e. The van der Waals surface area contributed by atoms with Gasteiger partial charge in [0.05, 0.1) is 0 Å². The van der Waals surface area contributed by atoms with Gasteiger partial charge in [-0.1, -0.05) is 11.8 Å². The normalized spacial score (nSPS) is 6.17. The number of nitrogens with two attached hydrogens (primary N) is 1. The van der Waals surface area contributed by atoms with Crippen molar-refractivity contribution in [3.63, 3.8) is 0 Å². The van der Waals surface area contributed by atoms with E-state index < -0.39 is 0 Å². The fourth-order valence-corrected chi connectivity index (χ4v) is 0. The van der Waals surface area contributed by atoms with E-state index in [9.17, 15) is 0 Å². The summed E-state index contributed by atoms with van der Waals surface area (Å²) in [5.41, 5.74) is 4.84. The van der Waals surface area contributed by atoms with Gasteiger partial charge >= 0.3 is 0 Å². The van der Waals surface area contributed by atoms with E-state index in [1.807, 2.05) is 0 Å². The van der Waals surface area contributed by atoms with Crippen LogP contribution in [0.25, 0.3) is 0 Å². The molecular formula is C2H7IN2S. The van der Waals surface area contributed by atoms with Crippen LogP contribution in [0.1, 0.15) is 0 Å². The summed E-state index contributed by atoms with van der Waals surface area (Å²) in [6.45, 7) is 0. The number of nitrogens with one attached hydrogen (secondary N) is 1. The minimum atomic E-state index is 0. The van der Waals surface area contributed by atoms with Gasteiger partial charge in [-0.3, -0.25) is 5.41 Å². The summed E-state index contributed by atoms with van der Waals surface area (Å²) >= 11 is 1.24. The van der Waals surface area contributed by atoms with E-state index in [-0.39, 0.29) is 29.1 Å². The van der Waals surface area contributed by atoms with Crippen LogP contribution in [0.5, 0.6) is 0 Å². The fourth-order valence-electron chi connectivity index (χ4n) is 0. The SMILES string of the molecule is CSC(=[15NH])[15NH2].I. The van der Waals surface area contributed by atoms with Crippen molar-refractivity contribution in [3.05, 3.63) is 0 Å². The molecule has 0 saturated carbocycles. The third kappa shape index (κ3) is 8.82. The van der Waals surface area contributed by atoms with Crippen LogP contribution in [0.2, 0.25) is 0 Å². The molecule has 0 aliphatic heterocycles. The molecule has 0 unspecified atom stereocenters. The summed E-state index contributed by atoms with van der Waals surface area (Å²) < 4.78 is 0. The Morgan fingerprint density at radius 2 is 2.00 bits per heavy atom. The Bertz CT molecular complexity index is 46.8. The van der Waals surface area contributed by atoms with Crippen LogP contribution in [0.15, 0.2) is 0 Å².